The summed E-state index contributed by atoms with van der Waals surface area (Å²) in [5.41, 5.74) is 1.70. The molecule has 3 heterocycles. The van der Waals surface area contributed by atoms with Gasteiger partial charge in [0.25, 0.3) is 0 Å². The Hall–Kier alpha value is -3.10. The van der Waals surface area contributed by atoms with Gasteiger partial charge in [0, 0.05) is 19.4 Å². The van der Waals surface area contributed by atoms with Crippen molar-refractivity contribution in [2.75, 3.05) is 23.8 Å². The Balaban J connectivity index is 0.000000211. The molecule has 0 fully saturated rings. The number of rotatable bonds is 4. The standard InChI is InChI=1S/C11H13F3N2.C9H11N3O/c1-3-9(15-4-2)10-6-5-8(7-16-10)11(12,13)14;1-6-3-7-9(10-4-6)12(2)5-8(13)11-7/h4-7,9,15H,2-3H2,1H3;3-4H,5H2,1-2H3,(H,11,13). The van der Waals surface area contributed by atoms with Crippen molar-refractivity contribution in [1.82, 2.24) is 15.3 Å². The summed E-state index contributed by atoms with van der Waals surface area (Å²) in [6.07, 6.45) is 0.548. The zero-order valence-electron chi connectivity index (χ0n) is 16.5. The molecule has 6 nitrogen and oxygen atoms in total. The number of nitrogens with one attached hydrogen (secondary N) is 2. The number of hydrogen-bond donors (Lipinski definition) is 2. The van der Waals surface area contributed by atoms with E-state index < -0.39 is 11.7 Å². The highest BCUT2D eigenvalue weighted by molar-refractivity contribution is 6.00. The highest BCUT2D eigenvalue weighted by Gasteiger charge is 2.30. The van der Waals surface area contributed by atoms with E-state index in [2.05, 4.69) is 27.2 Å². The minimum absolute atomic E-state index is 0.0161. The number of likely N-dealkylation sites (N-methyl/N-ethyl adjacent to an activating group) is 1. The molecule has 2 aromatic rings. The number of carbonyl (C=O) groups excluding carboxylic acids is 1. The highest BCUT2D eigenvalue weighted by Crippen LogP contribution is 2.29. The van der Waals surface area contributed by atoms with Gasteiger partial charge in [0.1, 0.15) is 0 Å². The van der Waals surface area contributed by atoms with Crippen molar-refractivity contribution in [2.45, 2.75) is 32.5 Å². The zero-order valence-corrected chi connectivity index (χ0v) is 16.5. The minimum Gasteiger partial charge on any atom is -0.383 e. The number of carbonyl (C=O) groups is 1. The fourth-order valence-corrected chi connectivity index (χ4v) is 2.77. The van der Waals surface area contributed by atoms with Crippen LogP contribution in [0, 0.1) is 6.92 Å². The van der Waals surface area contributed by atoms with Crippen LogP contribution < -0.4 is 15.5 Å². The number of amides is 1. The molecule has 2 aromatic heterocycles. The molecule has 0 aromatic carbocycles. The van der Waals surface area contributed by atoms with E-state index in [1.807, 2.05) is 31.9 Å². The van der Waals surface area contributed by atoms with E-state index in [1.54, 1.807) is 6.20 Å². The van der Waals surface area contributed by atoms with Crippen LogP contribution in [0.25, 0.3) is 0 Å². The monoisotopic (exact) mass is 407 g/mol. The van der Waals surface area contributed by atoms with Gasteiger partial charge >= 0.3 is 6.18 Å². The van der Waals surface area contributed by atoms with Gasteiger partial charge in [-0.25, -0.2) is 4.98 Å². The number of halogens is 3. The number of hydrogen-bond acceptors (Lipinski definition) is 5. The number of aromatic nitrogens is 2. The fourth-order valence-electron chi connectivity index (χ4n) is 2.77. The average Bonchev–Trinajstić information content (AvgIpc) is 2.65. The maximum atomic E-state index is 12.3. The Labute approximate surface area is 167 Å². The molecule has 1 unspecified atom stereocenters. The predicted molar refractivity (Wildman–Crippen MR) is 106 cm³/mol. The van der Waals surface area contributed by atoms with E-state index in [9.17, 15) is 18.0 Å². The van der Waals surface area contributed by atoms with Gasteiger partial charge in [0.05, 0.1) is 29.5 Å². The summed E-state index contributed by atoms with van der Waals surface area (Å²) in [4.78, 5) is 21.1. The summed E-state index contributed by atoms with van der Waals surface area (Å²) in [6.45, 7) is 7.76. The molecule has 0 spiro atoms. The molecule has 156 valence electrons. The van der Waals surface area contributed by atoms with Crippen molar-refractivity contribution < 1.29 is 18.0 Å². The van der Waals surface area contributed by atoms with Gasteiger partial charge in [0.2, 0.25) is 5.91 Å². The lowest BCUT2D eigenvalue weighted by Gasteiger charge is -2.25. The topological polar surface area (TPSA) is 70.1 Å². The van der Waals surface area contributed by atoms with Crippen molar-refractivity contribution >= 4 is 17.4 Å². The van der Waals surface area contributed by atoms with Crippen LogP contribution in [-0.4, -0.2) is 29.5 Å². The summed E-state index contributed by atoms with van der Waals surface area (Å²) in [6, 6.07) is 4.25. The van der Waals surface area contributed by atoms with Crippen molar-refractivity contribution in [2.24, 2.45) is 0 Å². The molecule has 0 saturated carbocycles. The van der Waals surface area contributed by atoms with E-state index in [0.717, 1.165) is 35.8 Å². The van der Waals surface area contributed by atoms with Crippen LogP contribution in [0.4, 0.5) is 24.7 Å². The average molecular weight is 407 g/mol. The zero-order chi connectivity index (χ0) is 21.6. The van der Waals surface area contributed by atoms with Gasteiger partial charge in [-0.15, -0.1) is 0 Å². The first-order valence-electron chi connectivity index (χ1n) is 9.03. The lowest BCUT2D eigenvalue weighted by atomic mass is 10.1. The number of fused-ring (bicyclic) bond motifs is 1. The van der Waals surface area contributed by atoms with E-state index in [-0.39, 0.29) is 11.9 Å². The van der Waals surface area contributed by atoms with E-state index in [1.165, 1.54) is 12.3 Å². The first kappa shape index (κ1) is 22.2. The van der Waals surface area contributed by atoms with Crippen LogP contribution in [0.3, 0.4) is 0 Å². The summed E-state index contributed by atoms with van der Waals surface area (Å²) in [7, 11) is 1.86. The van der Waals surface area contributed by atoms with Crippen LogP contribution in [0.15, 0.2) is 43.4 Å². The predicted octanol–water partition coefficient (Wildman–Crippen LogP) is 4.06. The van der Waals surface area contributed by atoms with Crippen molar-refractivity contribution in [3.8, 4) is 0 Å². The van der Waals surface area contributed by atoms with Crippen LogP contribution >= 0.6 is 0 Å². The SMILES string of the molecule is C=CNC(CC)c1ccc(C(F)(F)F)cn1.Cc1cnc2c(c1)NC(=O)CN2C. The molecule has 9 heteroatoms. The molecule has 1 amide bonds. The highest BCUT2D eigenvalue weighted by atomic mass is 19.4. The van der Waals surface area contributed by atoms with Crippen molar-refractivity contribution in [3.63, 3.8) is 0 Å². The second kappa shape index (κ2) is 9.40. The van der Waals surface area contributed by atoms with Crippen molar-refractivity contribution in [3.05, 3.63) is 60.2 Å². The normalized spacial score (nSPS) is 14.1. The van der Waals surface area contributed by atoms with Gasteiger partial charge in [0.15, 0.2) is 5.82 Å². The van der Waals surface area contributed by atoms with Gasteiger partial charge in [-0.3, -0.25) is 9.78 Å². The molecular formula is C20H24F3N5O. The number of aryl methyl sites for hydroxylation is 1. The third-order valence-electron chi connectivity index (χ3n) is 4.22. The first-order valence-corrected chi connectivity index (χ1v) is 9.03. The molecule has 29 heavy (non-hydrogen) atoms. The van der Waals surface area contributed by atoms with Crippen molar-refractivity contribution in [1.29, 1.82) is 0 Å². The number of pyridine rings is 2. The molecule has 3 rings (SSSR count). The summed E-state index contributed by atoms with van der Waals surface area (Å²) in [5, 5.41) is 5.71. The van der Waals surface area contributed by atoms with E-state index in [4.69, 9.17) is 0 Å². The molecule has 1 atom stereocenters. The molecule has 0 aliphatic carbocycles. The van der Waals surface area contributed by atoms with Gasteiger partial charge in [-0.05, 0) is 43.3 Å². The van der Waals surface area contributed by atoms with Crippen LogP contribution in [0.2, 0.25) is 0 Å². The third-order valence-corrected chi connectivity index (χ3v) is 4.22. The first-order chi connectivity index (χ1) is 13.7. The summed E-state index contributed by atoms with van der Waals surface area (Å²) in [5.74, 6) is 0.854. The van der Waals surface area contributed by atoms with Crippen LogP contribution in [0.5, 0.6) is 0 Å². The van der Waals surface area contributed by atoms with Crippen LogP contribution in [-0.2, 0) is 11.0 Å². The van der Waals surface area contributed by atoms with E-state index >= 15 is 0 Å². The van der Waals surface area contributed by atoms with E-state index in [0.29, 0.717) is 12.2 Å². The molecule has 1 aliphatic heterocycles. The second-order valence-electron chi connectivity index (χ2n) is 6.59. The number of alkyl halides is 3. The molecule has 1 aliphatic rings. The molecule has 0 bridgehead atoms. The second-order valence-corrected chi connectivity index (χ2v) is 6.59. The number of nitrogens with zero attached hydrogens (tertiary/aromatic N) is 3. The summed E-state index contributed by atoms with van der Waals surface area (Å²) < 4.78 is 36.8. The minimum atomic E-state index is -4.33. The fraction of sp³-hybridized carbons (Fsp3) is 0.350. The smallest absolute Gasteiger partial charge is 0.383 e. The quantitative estimate of drug-likeness (QED) is 0.800. The molecule has 0 saturated heterocycles. The Bertz CT molecular complexity index is 852. The Morgan fingerprint density at radius 1 is 1.34 bits per heavy atom. The lowest BCUT2D eigenvalue weighted by Crippen LogP contribution is -2.36. The third kappa shape index (κ3) is 5.94. The van der Waals surface area contributed by atoms with Crippen LogP contribution in [0.1, 0.15) is 36.2 Å². The Kier molecular flexibility index (Phi) is 7.19. The molecule has 0 radical (unpaired) electrons. The Morgan fingerprint density at radius 2 is 2.07 bits per heavy atom. The Morgan fingerprint density at radius 3 is 2.62 bits per heavy atom. The van der Waals surface area contributed by atoms with Gasteiger partial charge in [-0.2, -0.15) is 13.2 Å². The maximum absolute atomic E-state index is 12.3. The van der Waals surface area contributed by atoms with Gasteiger partial charge in [-0.1, -0.05) is 13.5 Å². The largest absolute Gasteiger partial charge is 0.417 e. The summed E-state index contributed by atoms with van der Waals surface area (Å²) >= 11 is 0. The number of anilines is 2. The van der Waals surface area contributed by atoms with Gasteiger partial charge < -0.3 is 15.5 Å². The molecule has 2 N–H and O–H groups in total. The lowest BCUT2D eigenvalue weighted by molar-refractivity contribution is -0.137. The maximum Gasteiger partial charge on any atom is 0.417 e. The molecular weight excluding hydrogens is 383 g/mol.